The van der Waals surface area contributed by atoms with Crippen LogP contribution in [-0.4, -0.2) is 126 Å². The van der Waals surface area contributed by atoms with Crippen molar-refractivity contribution in [1.29, 1.82) is 0 Å². The maximum atomic E-state index is 15.6. The number of likely N-dealkylation sites (tertiary alicyclic amines) is 1. The first-order valence-corrected chi connectivity index (χ1v) is 27.8. The molecule has 79 heavy (non-hydrogen) atoms. The summed E-state index contributed by atoms with van der Waals surface area (Å²) >= 11 is 0. The number of hydrogen-bond donors (Lipinski definition) is 6. The summed E-state index contributed by atoms with van der Waals surface area (Å²) in [5.41, 5.74) is 4.52. The third-order valence-electron chi connectivity index (χ3n) is 16.1. The maximum Gasteiger partial charge on any atom is 0.251 e. The Balaban J connectivity index is 1.15. The monoisotopic (exact) mass is 1080 g/mol. The summed E-state index contributed by atoms with van der Waals surface area (Å²) in [7, 11) is 4.93. The molecule has 2 heterocycles. The highest BCUT2D eigenvalue weighted by molar-refractivity contribution is 5.97. The van der Waals surface area contributed by atoms with E-state index in [0.29, 0.717) is 11.3 Å². The zero-order chi connectivity index (χ0) is 57.5. The Labute approximate surface area is 466 Å². The molecule has 0 saturated carbocycles. The van der Waals surface area contributed by atoms with E-state index < -0.39 is 71.0 Å². The number of amides is 7. The molecule has 6 N–H and O–H groups in total. The van der Waals surface area contributed by atoms with Crippen molar-refractivity contribution in [2.75, 3.05) is 27.7 Å². The lowest BCUT2D eigenvalue weighted by Crippen LogP contribution is -2.62. The number of carbonyl (C=O) groups is 7. The van der Waals surface area contributed by atoms with Crippen molar-refractivity contribution < 1.29 is 38.3 Å². The lowest BCUT2D eigenvalue weighted by atomic mass is 9.84. The van der Waals surface area contributed by atoms with E-state index in [9.17, 15) is 24.0 Å². The molecule has 0 radical (unpaired) electrons. The fraction of sp³-hybridized carbons (Fsp3) is 0.500. The van der Waals surface area contributed by atoms with Crippen molar-refractivity contribution in [3.05, 3.63) is 136 Å². The van der Waals surface area contributed by atoms with Crippen LogP contribution in [0.5, 0.6) is 5.75 Å². The van der Waals surface area contributed by atoms with Gasteiger partial charge in [0.15, 0.2) is 0 Å². The molecule has 9 atom stereocenters. The van der Waals surface area contributed by atoms with E-state index in [1.54, 1.807) is 69.1 Å². The Hall–Kier alpha value is -7.11. The molecule has 1 fully saturated rings. The molecule has 1 unspecified atom stereocenters. The SMILES string of the molecule is CN[C@@H](C)C(=O)N[C@H](C(=O)N1CC(NC(=O)c2ccc(CN(C(=O)[C@@H]3Cc4ccccc4CN3C(=O)[C@@H](NC(=O)[C@H](C)NC)C(C)(C)C)[C@H](C)c3cccc(OC)c3)cc2)C[C@H]1C(=O)N[C@@H]1CCCc2ccccc21)C(C)(C)C. The van der Waals surface area contributed by atoms with Gasteiger partial charge >= 0.3 is 0 Å². The molecule has 3 aliphatic rings. The number of carbonyl (C=O) groups excluding carboxylic acids is 7. The number of hydrogen-bond acceptors (Lipinski definition) is 10. The van der Waals surface area contributed by atoms with Crippen LogP contribution in [0.3, 0.4) is 0 Å². The third kappa shape index (κ3) is 14.0. The minimum atomic E-state index is -0.973. The van der Waals surface area contributed by atoms with Crippen molar-refractivity contribution in [2.24, 2.45) is 10.8 Å². The molecule has 1 saturated heterocycles. The summed E-state index contributed by atoms with van der Waals surface area (Å²) < 4.78 is 5.60. The molecule has 424 valence electrons. The lowest BCUT2D eigenvalue weighted by molar-refractivity contribution is -0.152. The molecule has 7 amide bonds. The first kappa shape index (κ1) is 59.5. The molecule has 0 spiro atoms. The number of aryl methyl sites for hydroxylation is 1. The van der Waals surface area contributed by atoms with Crippen LogP contribution in [0.25, 0.3) is 0 Å². The Morgan fingerprint density at radius 2 is 1.27 bits per heavy atom. The second kappa shape index (κ2) is 25.3. The summed E-state index contributed by atoms with van der Waals surface area (Å²) in [5, 5.41) is 18.2. The van der Waals surface area contributed by atoms with Gasteiger partial charge in [-0.2, -0.15) is 0 Å². The van der Waals surface area contributed by atoms with Crippen molar-refractivity contribution in [1.82, 2.24) is 46.6 Å². The van der Waals surface area contributed by atoms with E-state index in [1.165, 1.54) is 10.5 Å². The summed E-state index contributed by atoms with van der Waals surface area (Å²) in [6.45, 7) is 17.0. The molecule has 4 aromatic carbocycles. The summed E-state index contributed by atoms with van der Waals surface area (Å²) in [4.78, 5) is 106. The summed E-state index contributed by atoms with van der Waals surface area (Å²) in [6, 6.07) is 24.0. The molecule has 17 nitrogen and oxygen atoms in total. The maximum absolute atomic E-state index is 15.6. The molecule has 1 aliphatic carbocycles. The van der Waals surface area contributed by atoms with Gasteiger partial charge in [-0.15, -0.1) is 0 Å². The number of nitrogens with one attached hydrogen (secondary N) is 6. The molecule has 0 bridgehead atoms. The first-order chi connectivity index (χ1) is 37.4. The highest BCUT2D eigenvalue weighted by atomic mass is 16.5. The van der Waals surface area contributed by atoms with E-state index in [1.807, 2.05) is 115 Å². The molecular weight excluding hydrogens is 999 g/mol. The molecule has 17 heteroatoms. The van der Waals surface area contributed by atoms with E-state index in [4.69, 9.17) is 4.74 Å². The van der Waals surface area contributed by atoms with Crippen LogP contribution >= 0.6 is 0 Å². The molecule has 2 aliphatic heterocycles. The zero-order valence-electron chi connectivity index (χ0n) is 48.2. The van der Waals surface area contributed by atoms with E-state index in [2.05, 4.69) is 38.0 Å². The quantitative estimate of drug-likeness (QED) is 0.0694. The molecule has 0 aromatic heterocycles. The second-order valence-electron chi connectivity index (χ2n) is 23.8. The Kier molecular flexibility index (Phi) is 19.1. The average molecular weight is 1080 g/mol. The van der Waals surface area contributed by atoms with E-state index in [0.717, 1.165) is 47.1 Å². The Morgan fingerprint density at radius 1 is 0.684 bits per heavy atom. The van der Waals surface area contributed by atoms with E-state index in [-0.39, 0.29) is 68.1 Å². The smallest absolute Gasteiger partial charge is 0.251 e. The molecule has 7 rings (SSSR count). The number of likely N-dealkylation sites (N-methyl/N-ethyl adjacent to an activating group) is 2. The zero-order valence-corrected chi connectivity index (χ0v) is 48.2. The van der Waals surface area contributed by atoms with Gasteiger partial charge in [-0.1, -0.05) is 114 Å². The van der Waals surface area contributed by atoms with Crippen molar-refractivity contribution >= 4 is 41.4 Å². The van der Waals surface area contributed by atoms with Crippen molar-refractivity contribution in [3.8, 4) is 5.75 Å². The van der Waals surface area contributed by atoms with Crippen molar-refractivity contribution in [2.45, 2.75) is 162 Å². The molecule has 4 aromatic rings. The van der Waals surface area contributed by atoms with Crippen LogP contribution in [0.1, 0.15) is 137 Å². The van der Waals surface area contributed by atoms with Gasteiger partial charge in [-0.25, -0.2) is 0 Å². The number of fused-ring (bicyclic) bond motifs is 2. The van der Waals surface area contributed by atoms with Gasteiger partial charge in [0.05, 0.1) is 31.3 Å². The standard InChI is InChI=1S/C62H83N9O8/c1-37(63-10)54(72)67-52(61(4,5)6)59(77)70-35-45-21-14-13-20-44(45)32-51(70)58(76)69(39(3)43-23-17-24-47(31-43)79-12)34-40-27-29-42(30-28-40)56(74)65-46-33-50(57(75)66-49-26-18-22-41-19-15-16-25-48(41)49)71(36-46)60(78)53(62(7,8)9)68-55(73)38(2)64-11/h13-17,19-21,23-25,27-31,37-39,46,49-53,63-64H,18,22,26,32-36H2,1-12H3,(H,65,74)(H,66,75)(H,67,72)(H,68,73)/t37-,38-,39+,46?,49+,50-,51-,52+,53+/m0/s1. The van der Waals surface area contributed by atoms with Gasteiger partial charge in [0.2, 0.25) is 35.4 Å². The van der Waals surface area contributed by atoms with Crippen molar-refractivity contribution in [3.63, 3.8) is 0 Å². The number of ether oxygens (including phenoxy) is 1. The normalized spacial score (nSPS) is 20.0. The average Bonchev–Trinajstić information content (AvgIpc) is 3.88. The van der Waals surface area contributed by atoms with Gasteiger partial charge < -0.3 is 51.3 Å². The minimum Gasteiger partial charge on any atom is -0.497 e. The predicted molar refractivity (Wildman–Crippen MR) is 304 cm³/mol. The van der Waals surface area contributed by atoms with Crippen LogP contribution in [0.4, 0.5) is 0 Å². The lowest BCUT2D eigenvalue weighted by Gasteiger charge is -2.43. The Morgan fingerprint density at radius 3 is 1.86 bits per heavy atom. The fourth-order valence-electron chi connectivity index (χ4n) is 10.9. The van der Waals surface area contributed by atoms with Crippen LogP contribution in [-0.2, 0) is 54.7 Å². The number of methoxy groups -OCH3 is 1. The fourth-order valence-corrected chi connectivity index (χ4v) is 10.9. The minimum absolute atomic E-state index is 0.0361. The van der Waals surface area contributed by atoms with Gasteiger partial charge in [-0.05, 0) is 129 Å². The van der Waals surface area contributed by atoms with Gasteiger partial charge in [0.1, 0.15) is 29.9 Å². The van der Waals surface area contributed by atoms with Crippen LogP contribution < -0.4 is 36.6 Å². The highest BCUT2D eigenvalue weighted by Crippen LogP contribution is 2.35. The number of nitrogens with zero attached hydrogens (tertiary/aromatic N) is 3. The first-order valence-electron chi connectivity index (χ1n) is 27.8. The largest absolute Gasteiger partial charge is 0.497 e. The van der Waals surface area contributed by atoms with Gasteiger partial charge in [-0.3, -0.25) is 33.6 Å². The number of rotatable bonds is 18. The summed E-state index contributed by atoms with van der Waals surface area (Å²) in [5.74, 6) is -1.88. The second-order valence-corrected chi connectivity index (χ2v) is 23.8. The summed E-state index contributed by atoms with van der Waals surface area (Å²) in [6.07, 6.45) is 2.96. The Bertz CT molecular complexity index is 2860. The number of benzene rings is 4. The topological polar surface area (TPSA) is 211 Å². The van der Waals surface area contributed by atoms with Gasteiger partial charge in [0.25, 0.3) is 5.91 Å². The van der Waals surface area contributed by atoms with Gasteiger partial charge in [0, 0.05) is 37.7 Å². The predicted octanol–water partition coefficient (Wildman–Crippen LogP) is 5.91. The van der Waals surface area contributed by atoms with Crippen LogP contribution in [0.2, 0.25) is 0 Å². The highest BCUT2D eigenvalue weighted by Gasteiger charge is 2.47. The van der Waals surface area contributed by atoms with Crippen LogP contribution in [0.15, 0.2) is 97.1 Å². The third-order valence-corrected chi connectivity index (χ3v) is 16.1. The van der Waals surface area contributed by atoms with Crippen LogP contribution in [0, 0.1) is 10.8 Å². The van der Waals surface area contributed by atoms with E-state index >= 15 is 9.59 Å². The molecular formula is C62H83N9O8.